The lowest BCUT2D eigenvalue weighted by Gasteiger charge is -2.18. The van der Waals surface area contributed by atoms with Gasteiger partial charge in [0.2, 0.25) is 0 Å². The highest BCUT2D eigenvalue weighted by Crippen LogP contribution is 2.20. The van der Waals surface area contributed by atoms with Gasteiger partial charge in [-0.1, -0.05) is 24.6 Å². The summed E-state index contributed by atoms with van der Waals surface area (Å²) in [5.74, 6) is 0.567. The molecule has 18 heavy (non-hydrogen) atoms. The van der Waals surface area contributed by atoms with Gasteiger partial charge in [0.25, 0.3) is 5.91 Å². The number of hydrogen-bond donors (Lipinski definition) is 1. The number of carbonyl (C=O) groups excluding carboxylic acids is 1. The average Bonchev–Trinajstić information content (AvgIpc) is 2.36. The van der Waals surface area contributed by atoms with Crippen LogP contribution in [0.1, 0.15) is 48.5 Å². The van der Waals surface area contributed by atoms with E-state index in [4.69, 9.17) is 0 Å². The Balaban J connectivity index is 1.97. The number of benzene rings is 1. The molecule has 0 aromatic heterocycles. The number of amides is 1. The number of hydrazone groups is 1. The molecule has 1 unspecified atom stereocenters. The number of nitrogens with one attached hydrogen (secondary N) is 1. The maximum Gasteiger partial charge on any atom is 0.271 e. The molecule has 0 spiro atoms. The van der Waals surface area contributed by atoms with Gasteiger partial charge < -0.3 is 0 Å². The third-order valence-corrected chi connectivity index (χ3v) is 3.34. The van der Waals surface area contributed by atoms with Crippen LogP contribution in [0.3, 0.4) is 0 Å². The Kier molecular flexibility index (Phi) is 4.13. The lowest BCUT2D eigenvalue weighted by molar-refractivity contribution is 0.0954. The maximum absolute atomic E-state index is 11.9. The molecule has 1 amide bonds. The lowest BCUT2D eigenvalue weighted by atomic mass is 9.89. The van der Waals surface area contributed by atoms with E-state index in [0.29, 0.717) is 11.5 Å². The molecule has 0 saturated heterocycles. The molecule has 1 aromatic rings. The van der Waals surface area contributed by atoms with Crippen LogP contribution in [0.4, 0.5) is 0 Å². The fourth-order valence-electron chi connectivity index (χ4n) is 2.34. The number of aryl methyl sites for hydroxylation is 1. The molecular weight excluding hydrogens is 224 g/mol. The van der Waals surface area contributed by atoms with Gasteiger partial charge in [0, 0.05) is 11.3 Å². The van der Waals surface area contributed by atoms with Crippen LogP contribution in [0.2, 0.25) is 0 Å². The van der Waals surface area contributed by atoms with E-state index < -0.39 is 0 Å². The van der Waals surface area contributed by atoms with Crippen LogP contribution >= 0.6 is 0 Å². The van der Waals surface area contributed by atoms with Crippen molar-refractivity contribution in [1.29, 1.82) is 0 Å². The van der Waals surface area contributed by atoms with E-state index in [1.165, 1.54) is 12.8 Å². The van der Waals surface area contributed by atoms with E-state index in [1.54, 1.807) is 0 Å². The molecule has 1 aromatic carbocycles. The van der Waals surface area contributed by atoms with Gasteiger partial charge in [-0.05, 0) is 50.7 Å². The van der Waals surface area contributed by atoms with Crippen LogP contribution in [0.15, 0.2) is 29.4 Å². The molecule has 0 bridgehead atoms. The molecule has 1 fully saturated rings. The van der Waals surface area contributed by atoms with Crippen LogP contribution in [0, 0.1) is 12.8 Å². The molecule has 2 rings (SSSR count). The van der Waals surface area contributed by atoms with Gasteiger partial charge >= 0.3 is 0 Å². The standard InChI is InChI=1S/C15H20N2O/c1-11-5-3-7-13(9-11)15(18)17-16-14-8-4-6-12(2)10-14/h3,5,7,9,12H,4,6,8,10H2,1-2H3,(H,17,18). The third-order valence-electron chi connectivity index (χ3n) is 3.34. The van der Waals surface area contributed by atoms with Crippen LogP contribution in [-0.2, 0) is 0 Å². The summed E-state index contributed by atoms with van der Waals surface area (Å²) in [7, 11) is 0. The first-order valence-electron chi connectivity index (χ1n) is 6.57. The molecule has 1 aliphatic carbocycles. The Morgan fingerprint density at radius 3 is 3.00 bits per heavy atom. The van der Waals surface area contributed by atoms with Crippen molar-refractivity contribution in [3.63, 3.8) is 0 Å². The van der Waals surface area contributed by atoms with Gasteiger partial charge in [-0.25, -0.2) is 5.43 Å². The number of rotatable bonds is 2. The second-order valence-electron chi connectivity index (χ2n) is 5.19. The van der Waals surface area contributed by atoms with Crippen LogP contribution in [-0.4, -0.2) is 11.6 Å². The second kappa shape index (κ2) is 5.80. The number of hydrogen-bond acceptors (Lipinski definition) is 2. The highest BCUT2D eigenvalue weighted by atomic mass is 16.2. The molecule has 0 heterocycles. The van der Waals surface area contributed by atoms with Crippen LogP contribution in [0.25, 0.3) is 0 Å². The molecule has 0 aliphatic heterocycles. The van der Waals surface area contributed by atoms with E-state index in [1.807, 2.05) is 31.2 Å². The van der Waals surface area contributed by atoms with Crippen molar-refractivity contribution in [3.05, 3.63) is 35.4 Å². The minimum absolute atomic E-state index is 0.121. The Hall–Kier alpha value is -1.64. The van der Waals surface area contributed by atoms with Gasteiger partial charge in [0.15, 0.2) is 0 Å². The monoisotopic (exact) mass is 244 g/mol. The summed E-state index contributed by atoms with van der Waals surface area (Å²) < 4.78 is 0. The average molecular weight is 244 g/mol. The van der Waals surface area contributed by atoms with Crippen LogP contribution in [0.5, 0.6) is 0 Å². The first-order chi connectivity index (χ1) is 8.65. The van der Waals surface area contributed by atoms with E-state index in [-0.39, 0.29) is 5.91 Å². The smallest absolute Gasteiger partial charge is 0.267 e. The zero-order chi connectivity index (χ0) is 13.0. The van der Waals surface area contributed by atoms with E-state index >= 15 is 0 Å². The summed E-state index contributed by atoms with van der Waals surface area (Å²) in [6.45, 7) is 4.21. The minimum atomic E-state index is -0.121. The minimum Gasteiger partial charge on any atom is -0.267 e. The molecule has 1 atom stereocenters. The van der Waals surface area contributed by atoms with Crippen molar-refractivity contribution in [3.8, 4) is 0 Å². The predicted octanol–water partition coefficient (Wildman–Crippen LogP) is 3.29. The summed E-state index contributed by atoms with van der Waals surface area (Å²) in [5.41, 5.74) is 5.54. The SMILES string of the molecule is Cc1cccc(C(=O)NN=C2CCCC(C)C2)c1. The van der Waals surface area contributed by atoms with Gasteiger partial charge in [-0.2, -0.15) is 5.10 Å². The summed E-state index contributed by atoms with van der Waals surface area (Å²) in [4.78, 5) is 11.9. The zero-order valence-corrected chi connectivity index (χ0v) is 11.1. The van der Waals surface area contributed by atoms with Gasteiger partial charge in [-0.15, -0.1) is 0 Å². The molecule has 1 saturated carbocycles. The summed E-state index contributed by atoms with van der Waals surface area (Å²) >= 11 is 0. The van der Waals surface area contributed by atoms with Crippen molar-refractivity contribution < 1.29 is 4.79 Å². The highest BCUT2D eigenvalue weighted by molar-refractivity contribution is 5.95. The van der Waals surface area contributed by atoms with Crippen molar-refractivity contribution in [2.75, 3.05) is 0 Å². The van der Waals surface area contributed by atoms with Gasteiger partial charge in [0.1, 0.15) is 0 Å². The normalized spacial score (nSPS) is 21.9. The van der Waals surface area contributed by atoms with Crippen molar-refractivity contribution in [2.24, 2.45) is 11.0 Å². The van der Waals surface area contributed by atoms with Crippen molar-refractivity contribution in [2.45, 2.75) is 39.5 Å². The highest BCUT2D eigenvalue weighted by Gasteiger charge is 2.14. The first kappa shape index (κ1) is 12.8. The number of carbonyl (C=O) groups is 1. The van der Waals surface area contributed by atoms with Gasteiger partial charge in [0.05, 0.1) is 0 Å². The predicted molar refractivity (Wildman–Crippen MR) is 73.7 cm³/mol. The van der Waals surface area contributed by atoms with Crippen molar-refractivity contribution >= 4 is 11.6 Å². The topological polar surface area (TPSA) is 41.5 Å². The molecule has 1 N–H and O–H groups in total. The largest absolute Gasteiger partial charge is 0.271 e. The molecular formula is C15H20N2O. The third kappa shape index (κ3) is 3.42. The molecule has 1 aliphatic rings. The van der Waals surface area contributed by atoms with Crippen LogP contribution < -0.4 is 5.43 Å². The Labute approximate surface area is 108 Å². The second-order valence-corrected chi connectivity index (χ2v) is 5.19. The molecule has 3 nitrogen and oxygen atoms in total. The number of nitrogens with zero attached hydrogens (tertiary/aromatic N) is 1. The quantitative estimate of drug-likeness (QED) is 0.797. The Morgan fingerprint density at radius 1 is 1.44 bits per heavy atom. The maximum atomic E-state index is 11.9. The van der Waals surface area contributed by atoms with Gasteiger partial charge in [-0.3, -0.25) is 4.79 Å². The first-order valence-corrected chi connectivity index (χ1v) is 6.57. The lowest BCUT2D eigenvalue weighted by Crippen LogP contribution is -2.22. The summed E-state index contributed by atoms with van der Waals surface area (Å²) in [6, 6.07) is 7.55. The Morgan fingerprint density at radius 2 is 2.28 bits per heavy atom. The molecule has 3 heteroatoms. The van der Waals surface area contributed by atoms with E-state index in [0.717, 1.165) is 24.1 Å². The zero-order valence-electron chi connectivity index (χ0n) is 11.1. The van der Waals surface area contributed by atoms with E-state index in [2.05, 4.69) is 17.5 Å². The summed E-state index contributed by atoms with van der Waals surface area (Å²) in [5, 5.41) is 4.26. The summed E-state index contributed by atoms with van der Waals surface area (Å²) in [6.07, 6.45) is 4.47. The fourth-order valence-corrected chi connectivity index (χ4v) is 2.34. The van der Waals surface area contributed by atoms with Crippen molar-refractivity contribution in [1.82, 2.24) is 5.43 Å². The molecule has 0 radical (unpaired) electrons. The Bertz CT molecular complexity index is 465. The fraction of sp³-hybridized carbons (Fsp3) is 0.467. The molecule has 96 valence electrons. The van der Waals surface area contributed by atoms with E-state index in [9.17, 15) is 4.79 Å².